The zero-order valence-electron chi connectivity index (χ0n) is 6.10. The summed E-state index contributed by atoms with van der Waals surface area (Å²) in [5, 5.41) is 0. The maximum Gasteiger partial charge on any atom is 0.120 e. The molecule has 0 spiro atoms. The second-order valence-corrected chi connectivity index (χ2v) is 2.87. The first-order valence-corrected chi connectivity index (χ1v) is 3.70. The van der Waals surface area contributed by atoms with Gasteiger partial charge in [0.1, 0.15) is 5.94 Å². The third-order valence-electron chi connectivity index (χ3n) is 2.04. The quantitative estimate of drug-likeness (QED) is 0.398. The van der Waals surface area contributed by atoms with Crippen LogP contribution in [0, 0.1) is 5.92 Å². The SMILES string of the molecule is C=C1CCC(C=C=O)CC1. The molecule has 54 valence electrons. The van der Waals surface area contributed by atoms with E-state index < -0.39 is 0 Å². The molecule has 0 N–H and O–H groups in total. The maximum absolute atomic E-state index is 9.95. The highest BCUT2D eigenvalue weighted by molar-refractivity contribution is 5.45. The van der Waals surface area contributed by atoms with Gasteiger partial charge >= 0.3 is 0 Å². The highest BCUT2D eigenvalue weighted by Gasteiger charge is 2.12. The Morgan fingerprint density at radius 1 is 1.50 bits per heavy atom. The highest BCUT2D eigenvalue weighted by Crippen LogP contribution is 2.26. The van der Waals surface area contributed by atoms with Crippen LogP contribution in [-0.4, -0.2) is 5.94 Å². The molecule has 1 rings (SSSR count). The van der Waals surface area contributed by atoms with Gasteiger partial charge in [-0.3, -0.25) is 0 Å². The summed E-state index contributed by atoms with van der Waals surface area (Å²) in [4.78, 5) is 9.95. The Labute approximate surface area is 61.4 Å². The van der Waals surface area contributed by atoms with Crippen molar-refractivity contribution in [3.8, 4) is 0 Å². The molecular weight excluding hydrogens is 124 g/mol. The number of carbonyl (C=O) groups excluding carboxylic acids is 1. The predicted octanol–water partition coefficient (Wildman–Crippen LogP) is 2.12. The van der Waals surface area contributed by atoms with Crippen molar-refractivity contribution in [2.45, 2.75) is 25.7 Å². The van der Waals surface area contributed by atoms with Gasteiger partial charge in [0, 0.05) is 6.08 Å². The van der Waals surface area contributed by atoms with Gasteiger partial charge in [-0.05, 0) is 31.6 Å². The van der Waals surface area contributed by atoms with E-state index in [1.54, 1.807) is 6.08 Å². The van der Waals surface area contributed by atoms with Crippen LogP contribution in [0.15, 0.2) is 18.2 Å². The van der Waals surface area contributed by atoms with Crippen molar-refractivity contribution in [3.63, 3.8) is 0 Å². The lowest BCUT2D eigenvalue weighted by Crippen LogP contribution is -2.04. The Hall–Kier alpha value is -0.810. The average Bonchev–Trinajstić information content (AvgIpc) is 1.95. The summed E-state index contributed by atoms with van der Waals surface area (Å²) >= 11 is 0. The van der Waals surface area contributed by atoms with Gasteiger partial charge in [0.15, 0.2) is 0 Å². The fourth-order valence-electron chi connectivity index (χ4n) is 1.31. The van der Waals surface area contributed by atoms with E-state index in [1.807, 2.05) is 5.94 Å². The molecule has 0 aliphatic heterocycles. The Bertz CT molecular complexity index is 165. The van der Waals surface area contributed by atoms with Crippen LogP contribution in [0.25, 0.3) is 0 Å². The average molecular weight is 136 g/mol. The molecule has 1 heteroatoms. The van der Waals surface area contributed by atoms with Crippen LogP contribution in [0.3, 0.4) is 0 Å². The Balaban J connectivity index is 2.39. The standard InChI is InChI=1S/C9H12O/c1-8-2-4-9(5-3-8)6-7-10/h6,9H,1-5H2. The van der Waals surface area contributed by atoms with E-state index in [4.69, 9.17) is 0 Å². The molecule has 1 aliphatic rings. The number of hydrogen-bond acceptors (Lipinski definition) is 1. The molecule has 0 atom stereocenters. The fourth-order valence-corrected chi connectivity index (χ4v) is 1.31. The van der Waals surface area contributed by atoms with Gasteiger partial charge in [-0.15, -0.1) is 0 Å². The highest BCUT2D eigenvalue weighted by atomic mass is 16.1. The van der Waals surface area contributed by atoms with Crippen LogP contribution in [0.5, 0.6) is 0 Å². The smallest absolute Gasteiger partial charge is 0.120 e. The van der Waals surface area contributed by atoms with E-state index in [0.29, 0.717) is 5.92 Å². The Morgan fingerprint density at radius 2 is 2.10 bits per heavy atom. The summed E-state index contributed by atoms with van der Waals surface area (Å²) in [5.74, 6) is 2.32. The van der Waals surface area contributed by atoms with Crippen molar-refractivity contribution < 1.29 is 4.79 Å². The van der Waals surface area contributed by atoms with E-state index in [1.165, 1.54) is 5.57 Å². The van der Waals surface area contributed by atoms with E-state index in [2.05, 4.69) is 6.58 Å². The predicted molar refractivity (Wildman–Crippen MR) is 41.4 cm³/mol. The molecule has 0 aromatic heterocycles. The molecule has 0 saturated heterocycles. The van der Waals surface area contributed by atoms with Crippen molar-refractivity contribution >= 4 is 5.94 Å². The van der Waals surface area contributed by atoms with Gasteiger partial charge in [0.2, 0.25) is 0 Å². The van der Waals surface area contributed by atoms with E-state index in [9.17, 15) is 4.79 Å². The summed E-state index contributed by atoms with van der Waals surface area (Å²) < 4.78 is 0. The molecule has 1 nitrogen and oxygen atoms in total. The molecule has 0 bridgehead atoms. The van der Waals surface area contributed by atoms with Crippen LogP contribution in [-0.2, 0) is 4.79 Å². The van der Waals surface area contributed by atoms with Crippen molar-refractivity contribution in [2.24, 2.45) is 5.92 Å². The number of allylic oxidation sites excluding steroid dienone is 2. The first-order chi connectivity index (χ1) is 4.83. The van der Waals surface area contributed by atoms with Gasteiger partial charge in [-0.2, -0.15) is 0 Å². The largest absolute Gasteiger partial charge is 0.234 e. The minimum Gasteiger partial charge on any atom is -0.234 e. The topological polar surface area (TPSA) is 17.1 Å². The number of hydrogen-bond donors (Lipinski definition) is 0. The normalized spacial score (nSPS) is 20.2. The molecule has 1 aliphatic carbocycles. The van der Waals surface area contributed by atoms with Gasteiger partial charge in [0.25, 0.3) is 0 Å². The van der Waals surface area contributed by atoms with Gasteiger partial charge in [-0.1, -0.05) is 12.2 Å². The van der Waals surface area contributed by atoms with Crippen LogP contribution in [0.1, 0.15) is 25.7 Å². The third-order valence-corrected chi connectivity index (χ3v) is 2.04. The van der Waals surface area contributed by atoms with E-state index >= 15 is 0 Å². The molecule has 1 saturated carbocycles. The van der Waals surface area contributed by atoms with Gasteiger partial charge in [0.05, 0.1) is 0 Å². The molecule has 0 amide bonds. The van der Waals surface area contributed by atoms with Crippen LogP contribution >= 0.6 is 0 Å². The minimum atomic E-state index is 0.475. The summed E-state index contributed by atoms with van der Waals surface area (Å²) in [6, 6.07) is 0. The van der Waals surface area contributed by atoms with Crippen LogP contribution in [0.4, 0.5) is 0 Å². The van der Waals surface area contributed by atoms with E-state index in [-0.39, 0.29) is 0 Å². The lowest BCUT2D eigenvalue weighted by molar-refractivity contribution is 0.486. The zero-order chi connectivity index (χ0) is 7.40. The summed E-state index contributed by atoms with van der Waals surface area (Å²) in [6.07, 6.45) is 6.00. The minimum absolute atomic E-state index is 0.475. The summed E-state index contributed by atoms with van der Waals surface area (Å²) in [6.45, 7) is 3.90. The molecule has 0 heterocycles. The molecular formula is C9H12O. The second-order valence-electron chi connectivity index (χ2n) is 2.87. The van der Waals surface area contributed by atoms with Crippen molar-refractivity contribution in [1.29, 1.82) is 0 Å². The number of rotatable bonds is 1. The summed E-state index contributed by atoms with van der Waals surface area (Å²) in [7, 11) is 0. The van der Waals surface area contributed by atoms with Gasteiger partial charge in [-0.25, -0.2) is 4.79 Å². The van der Waals surface area contributed by atoms with Crippen LogP contribution < -0.4 is 0 Å². The molecule has 0 unspecified atom stereocenters. The third kappa shape index (κ3) is 1.85. The maximum atomic E-state index is 9.95. The second kappa shape index (κ2) is 3.38. The van der Waals surface area contributed by atoms with Crippen molar-refractivity contribution in [3.05, 3.63) is 18.2 Å². The van der Waals surface area contributed by atoms with Crippen molar-refractivity contribution in [2.75, 3.05) is 0 Å². The monoisotopic (exact) mass is 136 g/mol. The Kier molecular flexibility index (Phi) is 2.47. The van der Waals surface area contributed by atoms with Crippen molar-refractivity contribution in [1.82, 2.24) is 0 Å². The molecule has 1 fully saturated rings. The first-order valence-electron chi connectivity index (χ1n) is 3.70. The Morgan fingerprint density at radius 3 is 2.60 bits per heavy atom. The lowest BCUT2D eigenvalue weighted by atomic mass is 9.87. The summed E-state index contributed by atoms with van der Waals surface area (Å²) in [5.41, 5.74) is 1.33. The molecule has 0 radical (unpaired) electrons. The lowest BCUT2D eigenvalue weighted by Gasteiger charge is -2.18. The first kappa shape index (κ1) is 7.30. The van der Waals surface area contributed by atoms with Gasteiger partial charge < -0.3 is 0 Å². The fraction of sp³-hybridized carbons (Fsp3) is 0.556. The zero-order valence-corrected chi connectivity index (χ0v) is 6.10. The molecule has 0 aromatic rings. The van der Waals surface area contributed by atoms with Crippen LogP contribution in [0.2, 0.25) is 0 Å². The molecule has 10 heavy (non-hydrogen) atoms. The van der Waals surface area contributed by atoms with E-state index in [0.717, 1.165) is 25.7 Å². The molecule has 0 aromatic carbocycles.